The lowest BCUT2D eigenvalue weighted by molar-refractivity contribution is -0.0493. The molecule has 0 fully saturated rings. The van der Waals surface area contributed by atoms with Crippen molar-refractivity contribution >= 4 is 46.7 Å². The Morgan fingerprint density at radius 3 is 2.57 bits per heavy atom. The molecule has 158 valence electrons. The van der Waals surface area contributed by atoms with Crippen molar-refractivity contribution in [1.82, 2.24) is 26.4 Å². The van der Waals surface area contributed by atoms with E-state index in [2.05, 4.69) is 36.5 Å². The van der Waals surface area contributed by atoms with Crippen LogP contribution in [0.2, 0.25) is 10.2 Å². The summed E-state index contributed by atoms with van der Waals surface area (Å²) in [7, 11) is 1.57. The van der Waals surface area contributed by atoms with E-state index in [4.69, 9.17) is 23.2 Å². The van der Waals surface area contributed by atoms with E-state index in [-0.39, 0.29) is 33.1 Å². The van der Waals surface area contributed by atoms with Crippen molar-refractivity contribution in [3.8, 4) is 5.75 Å². The van der Waals surface area contributed by atoms with Gasteiger partial charge in [-0.05, 0) is 24.3 Å². The Hall–Kier alpha value is -3.22. The summed E-state index contributed by atoms with van der Waals surface area (Å²) >= 11 is 12.0. The summed E-state index contributed by atoms with van der Waals surface area (Å²) in [6.45, 7) is -3.20. The van der Waals surface area contributed by atoms with Crippen molar-refractivity contribution in [2.45, 2.75) is 6.61 Å². The molecule has 2 heterocycles. The van der Waals surface area contributed by atoms with Crippen LogP contribution in [0.15, 0.2) is 35.4 Å². The first-order valence-corrected chi connectivity index (χ1v) is 8.86. The van der Waals surface area contributed by atoms with Gasteiger partial charge in [0.25, 0.3) is 11.8 Å². The molecule has 10 nitrogen and oxygen atoms in total. The van der Waals surface area contributed by atoms with Gasteiger partial charge in [0, 0.05) is 7.05 Å². The number of hydrazine groups is 2. The van der Waals surface area contributed by atoms with Gasteiger partial charge in [0.15, 0.2) is 5.75 Å². The minimum atomic E-state index is -3.20. The van der Waals surface area contributed by atoms with Crippen molar-refractivity contribution in [3.05, 3.63) is 51.8 Å². The van der Waals surface area contributed by atoms with Gasteiger partial charge in [0.1, 0.15) is 16.5 Å². The maximum Gasteiger partial charge on any atom is 0.387 e. The first-order valence-electron chi connectivity index (χ1n) is 8.11. The van der Waals surface area contributed by atoms with Gasteiger partial charge in [0.05, 0.1) is 10.6 Å². The lowest BCUT2D eigenvalue weighted by Gasteiger charge is -2.17. The summed E-state index contributed by atoms with van der Waals surface area (Å²) in [5.74, 6) is -1.83. The number of hydrogen-bond donors (Lipinski definition) is 4. The summed E-state index contributed by atoms with van der Waals surface area (Å²) in [4.78, 5) is 28.9. The smallest absolute Gasteiger partial charge is 0.387 e. The molecule has 30 heavy (non-hydrogen) atoms. The zero-order valence-electron chi connectivity index (χ0n) is 15.0. The molecule has 0 bridgehead atoms. The molecule has 1 aliphatic rings. The standard InChI is InChI=1S/C16H13Cl2F2N7O3/c1-27-16(24-25-26-27)23-13(28)7-5-6-9(30-15(19)20)12(11(7)18)22-14(29)8-3-2-4-10(17)21-8/h2-6,15,25-26H,1H3,(H,22,29)(H,23,24,28). The molecule has 2 aromatic rings. The number of benzene rings is 1. The van der Waals surface area contributed by atoms with E-state index < -0.39 is 24.2 Å². The van der Waals surface area contributed by atoms with Gasteiger partial charge in [-0.15, -0.1) is 10.6 Å². The molecule has 0 atom stereocenters. The van der Waals surface area contributed by atoms with Gasteiger partial charge < -0.3 is 10.1 Å². The van der Waals surface area contributed by atoms with Crippen LogP contribution >= 0.6 is 23.2 Å². The largest absolute Gasteiger partial charge is 0.433 e. The highest BCUT2D eigenvalue weighted by molar-refractivity contribution is 6.38. The molecular weight excluding hydrogens is 447 g/mol. The third kappa shape index (κ3) is 4.84. The van der Waals surface area contributed by atoms with Crippen LogP contribution in [0.3, 0.4) is 0 Å². The molecule has 2 amide bonds. The fourth-order valence-electron chi connectivity index (χ4n) is 2.32. The van der Waals surface area contributed by atoms with Gasteiger partial charge in [-0.2, -0.15) is 8.78 Å². The first-order chi connectivity index (χ1) is 14.3. The van der Waals surface area contributed by atoms with Crippen molar-refractivity contribution in [1.29, 1.82) is 0 Å². The Morgan fingerprint density at radius 2 is 1.93 bits per heavy atom. The molecule has 0 radical (unpaired) electrons. The zero-order chi connectivity index (χ0) is 21.8. The van der Waals surface area contributed by atoms with Gasteiger partial charge in [-0.25, -0.2) is 10.5 Å². The molecule has 1 aromatic heterocycles. The SMILES string of the molecule is CN1NNN=C1NC(=O)c1ccc(OC(F)F)c(NC(=O)c2cccc(Cl)n2)c1Cl. The number of ether oxygens (including phenoxy) is 1. The number of guanidine groups is 1. The van der Waals surface area contributed by atoms with Crippen LogP contribution in [0.25, 0.3) is 0 Å². The number of carbonyl (C=O) groups is 2. The minimum absolute atomic E-state index is 0.0506. The number of amides is 2. The molecule has 0 unspecified atom stereocenters. The van der Waals surface area contributed by atoms with E-state index in [0.29, 0.717) is 0 Å². The molecule has 4 N–H and O–H groups in total. The fraction of sp³-hybridized carbons (Fsp3) is 0.125. The molecule has 14 heteroatoms. The van der Waals surface area contributed by atoms with Crippen molar-refractivity contribution in [2.24, 2.45) is 5.10 Å². The Morgan fingerprint density at radius 1 is 1.17 bits per heavy atom. The van der Waals surface area contributed by atoms with Gasteiger partial charge in [-0.3, -0.25) is 19.9 Å². The summed E-state index contributed by atoms with van der Waals surface area (Å²) < 4.78 is 30.0. The second kappa shape index (κ2) is 9.07. The van der Waals surface area contributed by atoms with Crippen LogP contribution in [0.5, 0.6) is 5.75 Å². The predicted molar refractivity (Wildman–Crippen MR) is 104 cm³/mol. The monoisotopic (exact) mass is 459 g/mol. The van der Waals surface area contributed by atoms with Crippen LogP contribution in [0.4, 0.5) is 14.5 Å². The van der Waals surface area contributed by atoms with E-state index in [0.717, 1.165) is 6.07 Å². The predicted octanol–water partition coefficient (Wildman–Crippen LogP) is 2.20. The number of pyridine rings is 1. The van der Waals surface area contributed by atoms with Crippen LogP contribution < -0.4 is 26.4 Å². The molecule has 0 saturated heterocycles. The van der Waals surface area contributed by atoms with Crippen molar-refractivity contribution in [3.63, 3.8) is 0 Å². The minimum Gasteiger partial charge on any atom is -0.433 e. The number of hydrazone groups is 1. The number of carbonyl (C=O) groups excluding carboxylic acids is 2. The molecule has 0 aliphatic carbocycles. The summed E-state index contributed by atoms with van der Waals surface area (Å²) in [5.41, 5.74) is 4.44. The molecule has 1 aromatic carbocycles. The Kier molecular flexibility index (Phi) is 6.50. The average molecular weight is 460 g/mol. The number of alkyl halides is 2. The van der Waals surface area contributed by atoms with Crippen molar-refractivity contribution < 1.29 is 23.1 Å². The zero-order valence-corrected chi connectivity index (χ0v) is 16.6. The number of rotatable bonds is 5. The highest BCUT2D eigenvalue weighted by Gasteiger charge is 2.24. The first kappa shape index (κ1) is 21.5. The molecule has 0 saturated carbocycles. The highest BCUT2D eigenvalue weighted by atomic mass is 35.5. The van der Waals surface area contributed by atoms with Crippen LogP contribution in [0, 0.1) is 0 Å². The van der Waals surface area contributed by atoms with Gasteiger partial charge in [-0.1, -0.05) is 29.3 Å². The quantitative estimate of drug-likeness (QED) is 0.505. The van der Waals surface area contributed by atoms with E-state index in [1.807, 2.05) is 0 Å². The lowest BCUT2D eigenvalue weighted by Crippen LogP contribution is -2.45. The van der Waals surface area contributed by atoms with E-state index >= 15 is 0 Å². The van der Waals surface area contributed by atoms with Crippen LogP contribution in [-0.2, 0) is 0 Å². The molecule has 1 aliphatic heterocycles. The average Bonchev–Trinajstić information content (AvgIpc) is 3.08. The second-order valence-corrected chi connectivity index (χ2v) is 6.42. The summed E-state index contributed by atoms with van der Waals surface area (Å²) in [6, 6.07) is 6.53. The summed E-state index contributed by atoms with van der Waals surface area (Å²) in [6.07, 6.45) is 0. The van der Waals surface area contributed by atoms with Gasteiger partial charge in [0.2, 0.25) is 5.96 Å². The molecule has 0 spiro atoms. The van der Waals surface area contributed by atoms with Crippen molar-refractivity contribution in [2.75, 3.05) is 12.4 Å². The third-order valence-corrected chi connectivity index (χ3v) is 4.28. The number of nitrogens with one attached hydrogen (secondary N) is 4. The number of aromatic nitrogens is 1. The normalized spacial score (nSPS) is 13.0. The van der Waals surface area contributed by atoms with Crippen LogP contribution in [0.1, 0.15) is 20.8 Å². The number of hydrogen-bond acceptors (Lipinski definition) is 8. The Labute approximate surface area is 178 Å². The maximum atomic E-state index is 12.8. The van der Waals surface area contributed by atoms with E-state index in [9.17, 15) is 18.4 Å². The van der Waals surface area contributed by atoms with Crippen LogP contribution in [-0.4, -0.2) is 41.4 Å². The molecule has 3 rings (SSSR count). The third-order valence-electron chi connectivity index (χ3n) is 3.67. The summed E-state index contributed by atoms with van der Waals surface area (Å²) in [5, 5.41) is 9.66. The van der Waals surface area contributed by atoms with Gasteiger partial charge >= 0.3 is 6.61 Å². The Bertz CT molecular complexity index is 1020. The van der Waals surface area contributed by atoms with E-state index in [1.165, 1.54) is 29.3 Å². The lowest BCUT2D eigenvalue weighted by atomic mass is 10.1. The number of nitrogens with zero attached hydrogens (tertiary/aromatic N) is 3. The highest BCUT2D eigenvalue weighted by Crippen LogP contribution is 2.36. The molecular formula is C16H13Cl2F2N7O3. The topological polar surface area (TPSA) is 120 Å². The number of anilines is 1. The van der Waals surface area contributed by atoms with E-state index in [1.54, 1.807) is 7.05 Å². The fourth-order valence-corrected chi connectivity index (χ4v) is 2.77. The second-order valence-electron chi connectivity index (χ2n) is 5.65. The Balaban J connectivity index is 1.93. The maximum absolute atomic E-state index is 12.8. The number of halogens is 4.